The SMILES string of the molecule is CCOc1ccc(C(=O)CSc2ccc(F)cc2)cc1. The lowest BCUT2D eigenvalue weighted by Crippen LogP contribution is -2.02. The highest BCUT2D eigenvalue weighted by atomic mass is 32.2. The van der Waals surface area contributed by atoms with E-state index in [1.807, 2.05) is 6.92 Å². The molecule has 0 aliphatic rings. The Balaban J connectivity index is 1.92. The van der Waals surface area contributed by atoms with E-state index in [2.05, 4.69) is 0 Å². The van der Waals surface area contributed by atoms with Gasteiger partial charge in [-0.05, 0) is 55.5 Å². The fourth-order valence-corrected chi connectivity index (χ4v) is 2.46. The smallest absolute Gasteiger partial charge is 0.173 e. The van der Waals surface area contributed by atoms with Gasteiger partial charge in [0, 0.05) is 10.5 Å². The fraction of sp³-hybridized carbons (Fsp3) is 0.188. The van der Waals surface area contributed by atoms with Gasteiger partial charge in [-0.25, -0.2) is 4.39 Å². The second-order valence-electron chi connectivity index (χ2n) is 4.12. The van der Waals surface area contributed by atoms with Crippen molar-refractivity contribution in [3.8, 4) is 5.75 Å². The van der Waals surface area contributed by atoms with Crippen molar-refractivity contribution >= 4 is 17.5 Å². The molecule has 0 unspecified atom stereocenters. The number of benzene rings is 2. The predicted octanol–water partition coefficient (Wildman–Crippen LogP) is 4.20. The minimum Gasteiger partial charge on any atom is -0.494 e. The summed E-state index contributed by atoms with van der Waals surface area (Å²) in [5, 5.41) is 0. The van der Waals surface area contributed by atoms with Crippen molar-refractivity contribution in [2.24, 2.45) is 0 Å². The molecule has 0 bridgehead atoms. The number of hydrogen-bond acceptors (Lipinski definition) is 3. The molecule has 0 saturated heterocycles. The van der Waals surface area contributed by atoms with Crippen LogP contribution in [0.3, 0.4) is 0 Å². The summed E-state index contributed by atoms with van der Waals surface area (Å²) in [5.41, 5.74) is 0.656. The van der Waals surface area contributed by atoms with Crippen molar-refractivity contribution in [2.45, 2.75) is 11.8 Å². The van der Waals surface area contributed by atoms with Crippen LogP contribution in [-0.4, -0.2) is 18.1 Å². The number of halogens is 1. The molecule has 0 aromatic heterocycles. The summed E-state index contributed by atoms with van der Waals surface area (Å²) in [6.45, 7) is 2.52. The Hall–Kier alpha value is -1.81. The van der Waals surface area contributed by atoms with Gasteiger partial charge >= 0.3 is 0 Å². The molecule has 0 saturated carbocycles. The number of rotatable bonds is 6. The largest absolute Gasteiger partial charge is 0.494 e. The van der Waals surface area contributed by atoms with Crippen molar-refractivity contribution in [1.82, 2.24) is 0 Å². The van der Waals surface area contributed by atoms with Crippen LogP contribution in [0.25, 0.3) is 0 Å². The summed E-state index contributed by atoms with van der Waals surface area (Å²) in [6, 6.07) is 13.2. The van der Waals surface area contributed by atoms with Crippen LogP contribution in [0.15, 0.2) is 53.4 Å². The van der Waals surface area contributed by atoms with Gasteiger partial charge in [0.15, 0.2) is 5.78 Å². The zero-order valence-electron chi connectivity index (χ0n) is 11.1. The summed E-state index contributed by atoms with van der Waals surface area (Å²) < 4.78 is 18.1. The normalized spacial score (nSPS) is 10.3. The van der Waals surface area contributed by atoms with Crippen LogP contribution < -0.4 is 4.74 Å². The van der Waals surface area contributed by atoms with Gasteiger partial charge in [-0.15, -0.1) is 11.8 Å². The van der Waals surface area contributed by atoms with Gasteiger partial charge in [-0.3, -0.25) is 4.79 Å². The quantitative estimate of drug-likeness (QED) is 0.589. The van der Waals surface area contributed by atoms with Crippen LogP contribution >= 0.6 is 11.8 Å². The van der Waals surface area contributed by atoms with Gasteiger partial charge in [0.05, 0.1) is 12.4 Å². The summed E-state index contributed by atoms with van der Waals surface area (Å²) >= 11 is 1.40. The topological polar surface area (TPSA) is 26.3 Å². The number of carbonyl (C=O) groups is 1. The summed E-state index contributed by atoms with van der Waals surface area (Å²) in [6.07, 6.45) is 0. The lowest BCUT2D eigenvalue weighted by Gasteiger charge is -2.05. The lowest BCUT2D eigenvalue weighted by molar-refractivity contribution is 0.102. The van der Waals surface area contributed by atoms with Crippen molar-refractivity contribution in [1.29, 1.82) is 0 Å². The Morgan fingerprint density at radius 3 is 2.35 bits per heavy atom. The van der Waals surface area contributed by atoms with Gasteiger partial charge in [0.1, 0.15) is 11.6 Å². The number of hydrogen-bond donors (Lipinski definition) is 0. The highest BCUT2D eigenvalue weighted by Crippen LogP contribution is 2.20. The van der Waals surface area contributed by atoms with Gasteiger partial charge in [-0.1, -0.05) is 0 Å². The Bertz CT molecular complexity index is 564. The molecular weight excluding hydrogens is 275 g/mol. The Morgan fingerprint density at radius 2 is 1.75 bits per heavy atom. The molecule has 0 fully saturated rings. The van der Waals surface area contributed by atoms with Crippen LogP contribution in [0.1, 0.15) is 17.3 Å². The van der Waals surface area contributed by atoms with E-state index in [-0.39, 0.29) is 11.6 Å². The molecule has 0 heterocycles. The summed E-state index contributed by atoms with van der Waals surface area (Å²) in [4.78, 5) is 12.9. The van der Waals surface area contributed by atoms with Crippen LogP contribution in [-0.2, 0) is 0 Å². The van der Waals surface area contributed by atoms with Crippen molar-refractivity contribution < 1.29 is 13.9 Å². The monoisotopic (exact) mass is 290 g/mol. The van der Waals surface area contributed by atoms with Crippen LogP contribution in [0, 0.1) is 5.82 Å². The second kappa shape index (κ2) is 7.10. The Morgan fingerprint density at radius 1 is 1.10 bits per heavy atom. The molecule has 0 N–H and O–H groups in total. The maximum Gasteiger partial charge on any atom is 0.173 e. The first kappa shape index (κ1) is 14.6. The lowest BCUT2D eigenvalue weighted by atomic mass is 10.1. The molecule has 0 radical (unpaired) electrons. The maximum atomic E-state index is 12.8. The van der Waals surface area contributed by atoms with E-state index >= 15 is 0 Å². The third kappa shape index (κ3) is 4.10. The van der Waals surface area contributed by atoms with E-state index in [9.17, 15) is 9.18 Å². The number of Topliss-reactive ketones (excluding diaryl/α,β-unsaturated/α-hetero) is 1. The molecule has 4 heteroatoms. The summed E-state index contributed by atoms with van der Waals surface area (Å²) in [7, 11) is 0. The molecule has 2 nitrogen and oxygen atoms in total. The average molecular weight is 290 g/mol. The summed E-state index contributed by atoms with van der Waals surface area (Å²) in [5.74, 6) is 0.865. The first-order chi connectivity index (χ1) is 9.69. The van der Waals surface area contributed by atoms with E-state index in [1.165, 1.54) is 23.9 Å². The molecule has 104 valence electrons. The van der Waals surface area contributed by atoms with E-state index < -0.39 is 0 Å². The first-order valence-corrected chi connectivity index (χ1v) is 7.32. The Labute approximate surface area is 122 Å². The van der Waals surface area contributed by atoms with E-state index in [0.717, 1.165) is 10.6 Å². The molecule has 0 atom stereocenters. The molecule has 2 aromatic carbocycles. The molecule has 2 rings (SSSR count). The highest BCUT2D eigenvalue weighted by molar-refractivity contribution is 8.00. The van der Waals surface area contributed by atoms with Crippen LogP contribution in [0.5, 0.6) is 5.75 Å². The minimum absolute atomic E-state index is 0.0439. The van der Waals surface area contributed by atoms with E-state index in [4.69, 9.17) is 4.74 Å². The van der Waals surface area contributed by atoms with Crippen molar-refractivity contribution in [3.05, 3.63) is 59.9 Å². The number of thioether (sulfide) groups is 1. The zero-order valence-corrected chi connectivity index (χ0v) is 12.0. The molecule has 0 aliphatic carbocycles. The van der Waals surface area contributed by atoms with Gasteiger partial charge in [0.2, 0.25) is 0 Å². The molecule has 20 heavy (non-hydrogen) atoms. The third-order valence-corrected chi connectivity index (χ3v) is 3.68. The number of carbonyl (C=O) groups excluding carboxylic acids is 1. The average Bonchev–Trinajstić information content (AvgIpc) is 2.47. The van der Waals surface area contributed by atoms with Crippen LogP contribution in [0.2, 0.25) is 0 Å². The van der Waals surface area contributed by atoms with Gasteiger partial charge in [-0.2, -0.15) is 0 Å². The minimum atomic E-state index is -0.271. The number of ketones is 1. The fourth-order valence-electron chi connectivity index (χ4n) is 1.67. The molecular formula is C16H15FO2S. The highest BCUT2D eigenvalue weighted by Gasteiger charge is 2.07. The van der Waals surface area contributed by atoms with E-state index in [0.29, 0.717) is 17.9 Å². The Kier molecular flexibility index (Phi) is 5.18. The standard InChI is InChI=1S/C16H15FO2S/c1-2-19-14-7-3-12(4-8-14)16(18)11-20-15-9-5-13(17)6-10-15/h3-10H,2,11H2,1H3. The molecule has 0 amide bonds. The predicted molar refractivity (Wildman–Crippen MR) is 79.1 cm³/mol. The number of ether oxygens (including phenoxy) is 1. The van der Waals surface area contributed by atoms with Gasteiger partial charge in [0.25, 0.3) is 0 Å². The van der Waals surface area contributed by atoms with Crippen LogP contribution in [0.4, 0.5) is 4.39 Å². The second-order valence-corrected chi connectivity index (χ2v) is 5.17. The zero-order chi connectivity index (χ0) is 14.4. The molecule has 0 spiro atoms. The van der Waals surface area contributed by atoms with Crippen molar-refractivity contribution in [2.75, 3.05) is 12.4 Å². The first-order valence-electron chi connectivity index (χ1n) is 6.33. The maximum absolute atomic E-state index is 12.8. The van der Waals surface area contributed by atoms with Gasteiger partial charge < -0.3 is 4.74 Å². The van der Waals surface area contributed by atoms with E-state index in [1.54, 1.807) is 36.4 Å². The molecule has 2 aromatic rings. The van der Waals surface area contributed by atoms with Crippen molar-refractivity contribution in [3.63, 3.8) is 0 Å². The third-order valence-electron chi connectivity index (χ3n) is 2.67. The molecule has 0 aliphatic heterocycles.